The second-order valence-electron chi connectivity index (χ2n) is 8.06. The third kappa shape index (κ3) is 4.03. The quantitative estimate of drug-likeness (QED) is 0.787. The van der Waals surface area contributed by atoms with Gasteiger partial charge in [-0.3, -0.25) is 4.90 Å². The summed E-state index contributed by atoms with van der Waals surface area (Å²) in [4.78, 5) is 28.2. The van der Waals surface area contributed by atoms with Crippen molar-refractivity contribution in [1.82, 2.24) is 9.80 Å². The summed E-state index contributed by atoms with van der Waals surface area (Å²) in [5, 5.41) is 0. The van der Waals surface area contributed by atoms with Gasteiger partial charge >= 0.3 is 6.09 Å². The largest absolute Gasteiger partial charge is 0.444 e. The molecular weight excluding hydrogens is 316 g/mol. The fourth-order valence-corrected chi connectivity index (χ4v) is 4.10. The summed E-state index contributed by atoms with van der Waals surface area (Å²) >= 11 is 0. The summed E-state index contributed by atoms with van der Waals surface area (Å²) in [7, 11) is 0. The van der Waals surface area contributed by atoms with Crippen molar-refractivity contribution in [1.29, 1.82) is 0 Å². The number of nitrogens with zero attached hydrogens (tertiary/aromatic N) is 2. The zero-order valence-electron chi connectivity index (χ0n) is 15.4. The molecule has 5 nitrogen and oxygen atoms in total. The lowest BCUT2D eigenvalue weighted by Crippen LogP contribution is -2.61. The first kappa shape index (κ1) is 17.9. The van der Waals surface area contributed by atoms with Gasteiger partial charge in [0.2, 0.25) is 0 Å². The van der Waals surface area contributed by atoms with Crippen LogP contribution in [0.15, 0.2) is 30.3 Å². The minimum absolute atomic E-state index is 0.102. The van der Waals surface area contributed by atoms with E-state index in [0.29, 0.717) is 19.0 Å². The summed E-state index contributed by atoms with van der Waals surface area (Å²) in [6.45, 7) is 7.13. The van der Waals surface area contributed by atoms with Crippen LogP contribution in [0.5, 0.6) is 0 Å². The van der Waals surface area contributed by atoms with Crippen LogP contribution >= 0.6 is 0 Å². The molecule has 2 aliphatic heterocycles. The number of rotatable bonds is 4. The molecule has 25 heavy (non-hydrogen) atoms. The molecule has 2 saturated heterocycles. The highest BCUT2D eigenvalue weighted by Crippen LogP contribution is 2.37. The zero-order chi connectivity index (χ0) is 18.0. The first-order valence-electron chi connectivity index (χ1n) is 9.12. The maximum atomic E-state index is 12.7. The van der Waals surface area contributed by atoms with Gasteiger partial charge in [-0.15, -0.1) is 0 Å². The molecule has 3 atom stereocenters. The molecule has 1 unspecified atom stereocenters. The molecule has 1 aromatic rings. The Morgan fingerprint density at radius 3 is 2.60 bits per heavy atom. The fourth-order valence-electron chi connectivity index (χ4n) is 4.10. The molecule has 136 valence electrons. The normalized spacial score (nSPS) is 26.5. The predicted molar refractivity (Wildman–Crippen MR) is 96.2 cm³/mol. The van der Waals surface area contributed by atoms with Gasteiger partial charge in [0, 0.05) is 31.6 Å². The predicted octanol–water partition coefficient (Wildman–Crippen LogP) is 3.23. The van der Waals surface area contributed by atoms with Gasteiger partial charge in [-0.05, 0) is 39.2 Å². The minimum atomic E-state index is -0.525. The van der Waals surface area contributed by atoms with Gasteiger partial charge in [-0.25, -0.2) is 4.79 Å². The van der Waals surface area contributed by atoms with E-state index >= 15 is 0 Å². The topological polar surface area (TPSA) is 49.9 Å². The monoisotopic (exact) mass is 344 g/mol. The van der Waals surface area contributed by atoms with Crippen LogP contribution in [0.25, 0.3) is 0 Å². The van der Waals surface area contributed by atoms with E-state index in [4.69, 9.17) is 4.74 Å². The molecule has 1 amide bonds. The molecule has 0 spiro atoms. The van der Waals surface area contributed by atoms with Crippen molar-refractivity contribution in [3.63, 3.8) is 0 Å². The fraction of sp³-hybridized carbons (Fsp3) is 0.600. The van der Waals surface area contributed by atoms with Crippen LogP contribution < -0.4 is 0 Å². The van der Waals surface area contributed by atoms with Crippen molar-refractivity contribution in [2.45, 2.75) is 70.3 Å². The molecule has 0 radical (unpaired) electrons. The highest BCUT2D eigenvalue weighted by molar-refractivity contribution is 5.70. The highest BCUT2D eigenvalue weighted by atomic mass is 16.6. The lowest BCUT2D eigenvalue weighted by atomic mass is 9.99. The number of amides is 1. The highest BCUT2D eigenvalue weighted by Gasteiger charge is 2.48. The average Bonchev–Trinajstić information content (AvgIpc) is 2.82. The lowest BCUT2D eigenvalue weighted by Gasteiger charge is -2.46. The van der Waals surface area contributed by atoms with Crippen molar-refractivity contribution in [3.05, 3.63) is 35.9 Å². The molecular formula is C20H28N2O3. The van der Waals surface area contributed by atoms with E-state index in [1.54, 1.807) is 4.90 Å². The smallest absolute Gasteiger partial charge is 0.410 e. The zero-order valence-corrected chi connectivity index (χ0v) is 15.4. The molecule has 0 saturated carbocycles. The number of benzene rings is 1. The number of aldehydes is 1. The second-order valence-corrected chi connectivity index (χ2v) is 8.06. The number of hydrogen-bond donors (Lipinski definition) is 0. The number of piperazine rings is 1. The Bertz CT molecular complexity index is 611. The molecule has 5 heteroatoms. The Kier molecular flexibility index (Phi) is 5.13. The number of carbonyl (C=O) groups is 2. The second kappa shape index (κ2) is 7.16. The van der Waals surface area contributed by atoms with Gasteiger partial charge < -0.3 is 14.4 Å². The number of likely N-dealkylation sites (tertiary alicyclic amines) is 1. The summed E-state index contributed by atoms with van der Waals surface area (Å²) in [5.74, 6) is 0. The van der Waals surface area contributed by atoms with Crippen molar-refractivity contribution < 1.29 is 14.3 Å². The van der Waals surface area contributed by atoms with Crippen LogP contribution in [0.1, 0.15) is 45.6 Å². The molecule has 3 rings (SSSR count). The third-order valence-corrected chi connectivity index (χ3v) is 5.12. The van der Waals surface area contributed by atoms with E-state index in [1.165, 1.54) is 5.56 Å². The van der Waals surface area contributed by atoms with E-state index in [1.807, 2.05) is 26.8 Å². The number of carbonyl (C=O) groups excluding carboxylic acids is 2. The molecule has 0 aromatic heterocycles. The van der Waals surface area contributed by atoms with Crippen molar-refractivity contribution in [2.24, 2.45) is 0 Å². The van der Waals surface area contributed by atoms with Gasteiger partial charge in [0.25, 0.3) is 0 Å². The van der Waals surface area contributed by atoms with E-state index < -0.39 is 5.60 Å². The van der Waals surface area contributed by atoms with E-state index in [0.717, 1.165) is 25.7 Å². The molecule has 2 heterocycles. The van der Waals surface area contributed by atoms with Crippen LogP contribution in [0.3, 0.4) is 0 Å². The summed E-state index contributed by atoms with van der Waals surface area (Å²) < 4.78 is 5.58. The van der Waals surface area contributed by atoms with Crippen molar-refractivity contribution >= 4 is 12.4 Å². The van der Waals surface area contributed by atoms with Crippen LogP contribution in [0.2, 0.25) is 0 Å². The molecule has 0 N–H and O–H groups in total. The van der Waals surface area contributed by atoms with Crippen LogP contribution in [0, 0.1) is 0 Å². The Hall–Kier alpha value is -1.88. The standard InChI is InChI=1S/C20H28N2O3/c1-20(2,3)25-19(24)22-14-16-9-10-17(18(22)11-12-23)21(16)13-15-7-5-4-6-8-15/h4-8,12,16-18H,9-11,13-14H2,1-3H3/t16-,17+,18?/m1/s1. The maximum Gasteiger partial charge on any atom is 0.410 e. The number of fused-ring (bicyclic) bond motifs is 2. The third-order valence-electron chi connectivity index (χ3n) is 5.12. The number of hydrogen-bond acceptors (Lipinski definition) is 4. The number of ether oxygens (including phenoxy) is 1. The molecule has 0 aliphatic carbocycles. The Balaban J connectivity index is 1.78. The van der Waals surface area contributed by atoms with E-state index in [9.17, 15) is 9.59 Å². The van der Waals surface area contributed by atoms with E-state index in [2.05, 4.69) is 29.2 Å². The Morgan fingerprint density at radius 1 is 1.24 bits per heavy atom. The first-order chi connectivity index (χ1) is 11.9. The van der Waals surface area contributed by atoms with Crippen LogP contribution in [-0.4, -0.2) is 52.5 Å². The van der Waals surface area contributed by atoms with Crippen molar-refractivity contribution in [3.8, 4) is 0 Å². The van der Waals surface area contributed by atoms with Crippen LogP contribution in [0.4, 0.5) is 4.79 Å². The van der Waals surface area contributed by atoms with Gasteiger partial charge in [0.15, 0.2) is 0 Å². The maximum absolute atomic E-state index is 12.7. The molecule has 1 aromatic carbocycles. The average molecular weight is 344 g/mol. The SMILES string of the molecule is CC(C)(C)OC(=O)N1C[C@H]2CC[C@@H](C1CC=O)N2Cc1ccccc1. The van der Waals surface area contributed by atoms with Crippen molar-refractivity contribution in [2.75, 3.05) is 6.54 Å². The lowest BCUT2D eigenvalue weighted by molar-refractivity contribution is -0.110. The Labute approximate surface area is 149 Å². The van der Waals surface area contributed by atoms with Gasteiger partial charge in [0.1, 0.15) is 11.9 Å². The molecule has 2 bridgehead atoms. The molecule has 2 aliphatic rings. The van der Waals surface area contributed by atoms with Gasteiger partial charge in [0.05, 0.1) is 6.04 Å². The van der Waals surface area contributed by atoms with Crippen LogP contribution in [-0.2, 0) is 16.1 Å². The molecule has 2 fully saturated rings. The minimum Gasteiger partial charge on any atom is -0.444 e. The van der Waals surface area contributed by atoms with E-state index in [-0.39, 0.29) is 18.2 Å². The van der Waals surface area contributed by atoms with Gasteiger partial charge in [-0.2, -0.15) is 0 Å². The summed E-state index contributed by atoms with van der Waals surface area (Å²) in [6, 6.07) is 10.8. The Morgan fingerprint density at radius 2 is 1.96 bits per heavy atom. The summed E-state index contributed by atoms with van der Waals surface area (Å²) in [5.41, 5.74) is 0.748. The summed E-state index contributed by atoms with van der Waals surface area (Å²) in [6.07, 6.45) is 3.08. The van der Waals surface area contributed by atoms with Gasteiger partial charge in [-0.1, -0.05) is 30.3 Å². The first-order valence-corrected chi connectivity index (χ1v) is 9.12.